The normalized spacial score (nSPS) is 18.7. The van der Waals surface area contributed by atoms with Crippen molar-refractivity contribution in [2.45, 2.75) is 71.8 Å². The van der Waals surface area contributed by atoms with E-state index in [0.29, 0.717) is 24.8 Å². The van der Waals surface area contributed by atoms with Gasteiger partial charge in [0.2, 0.25) is 11.8 Å². The minimum Gasteiger partial charge on any atom is -0.481 e. The van der Waals surface area contributed by atoms with E-state index < -0.39 is 11.9 Å². The van der Waals surface area contributed by atoms with Gasteiger partial charge in [-0.05, 0) is 25.2 Å². The summed E-state index contributed by atoms with van der Waals surface area (Å²) in [5, 5.41) is 9.48. The maximum atomic E-state index is 12.8. The second-order valence-corrected chi connectivity index (χ2v) is 7.34. The molecule has 0 bridgehead atoms. The topological polar surface area (TPSA) is 83.6 Å². The van der Waals surface area contributed by atoms with Gasteiger partial charge in [0.05, 0.1) is 6.20 Å². The fraction of sp³-hybridized carbons (Fsp3) is 0.737. The minimum absolute atomic E-state index is 0.235. The van der Waals surface area contributed by atoms with Gasteiger partial charge in [0, 0.05) is 13.0 Å². The highest BCUT2D eigenvalue weighted by Crippen LogP contribution is 2.33. The van der Waals surface area contributed by atoms with Gasteiger partial charge < -0.3 is 14.4 Å². The van der Waals surface area contributed by atoms with Crippen molar-refractivity contribution in [3.63, 3.8) is 0 Å². The van der Waals surface area contributed by atoms with E-state index >= 15 is 0 Å². The maximum Gasteiger partial charge on any atom is 0.316 e. The van der Waals surface area contributed by atoms with E-state index in [1.54, 1.807) is 11.1 Å². The molecule has 2 heterocycles. The predicted octanol–water partition coefficient (Wildman–Crippen LogP) is 3.82. The predicted molar refractivity (Wildman–Crippen MR) is 94.0 cm³/mol. The lowest BCUT2D eigenvalue weighted by molar-refractivity contribution is -0.152. The van der Waals surface area contributed by atoms with Crippen molar-refractivity contribution in [2.75, 3.05) is 6.54 Å². The van der Waals surface area contributed by atoms with E-state index in [1.165, 1.54) is 0 Å². The summed E-state index contributed by atoms with van der Waals surface area (Å²) in [5.74, 6) is -0.454. The van der Waals surface area contributed by atoms with Crippen molar-refractivity contribution in [2.24, 2.45) is 11.8 Å². The molecule has 140 valence electrons. The zero-order valence-electron chi connectivity index (χ0n) is 15.5. The molecule has 0 aromatic carbocycles. The number of carboxylic acids is 1. The quantitative estimate of drug-likeness (QED) is 0.541. The third-order valence-electron chi connectivity index (χ3n) is 4.69. The van der Waals surface area contributed by atoms with Crippen LogP contribution < -0.4 is 0 Å². The second-order valence-electron chi connectivity index (χ2n) is 7.34. The monoisotopic (exact) mass is 350 g/mol. The van der Waals surface area contributed by atoms with Crippen molar-refractivity contribution in [3.05, 3.63) is 17.8 Å². The Kier molecular flexibility index (Phi) is 7.02. The number of aliphatic carboxylic acids is 1. The average molecular weight is 350 g/mol. The van der Waals surface area contributed by atoms with E-state index in [2.05, 4.69) is 25.8 Å². The van der Waals surface area contributed by atoms with Crippen molar-refractivity contribution in [1.82, 2.24) is 9.88 Å². The van der Waals surface area contributed by atoms with Gasteiger partial charge in [-0.3, -0.25) is 9.59 Å². The van der Waals surface area contributed by atoms with E-state index in [0.717, 1.165) is 44.3 Å². The van der Waals surface area contributed by atoms with Crippen LogP contribution in [-0.4, -0.2) is 33.4 Å². The largest absolute Gasteiger partial charge is 0.481 e. The lowest BCUT2D eigenvalue weighted by atomic mass is 9.99. The summed E-state index contributed by atoms with van der Waals surface area (Å²) in [5.41, 5.74) is 0. The van der Waals surface area contributed by atoms with Gasteiger partial charge in [-0.25, -0.2) is 4.98 Å². The first kappa shape index (κ1) is 19.5. The highest BCUT2D eigenvalue weighted by Gasteiger charge is 2.38. The van der Waals surface area contributed by atoms with Crippen molar-refractivity contribution < 1.29 is 19.1 Å². The third-order valence-corrected chi connectivity index (χ3v) is 4.69. The molecule has 0 spiro atoms. The lowest BCUT2D eigenvalue weighted by Gasteiger charge is -2.25. The van der Waals surface area contributed by atoms with Crippen LogP contribution >= 0.6 is 0 Å². The zero-order valence-corrected chi connectivity index (χ0v) is 15.5. The first-order valence-corrected chi connectivity index (χ1v) is 9.41. The van der Waals surface area contributed by atoms with Crippen LogP contribution in [0.15, 0.2) is 10.6 Å². The Balaban J connectivity index is 2.09. The molecular weight excluding hydrogens is 320 g/mol. The first-order chi connectivity index (χ1) is 11.9. The van der Waals surface area contributed by atoms with Crippen LogP contribution in [0.1, 0.15) is 77.0 Å². The molecule has 0 saturated carbocycles. The summed E-state index contributed by atoms with van der Waals surface area (Å²) in [6, 6.07) is -0.235. The minimum atomic E-state index is -1.03. The fourth-order valence-corrected chi connectivity index (χ4v) is 3.41. The number of unbranched alkanes of at least 4 members (excludes halogenated alkanes) is 2. The molecule has 1 unspecified atom stereocenters. The summed E-state index contributed by atoms with van der Waals surface area (Å²) in [7, 11) is 0. The number of hydrogen-bond acceptors (Lipinski definition) is 4. The Morgan fingerprint density at radius 2 is 2.16 bits per heavy atom. The Morgan fingerprint density at radius 1 is 1.40 bits per heavy atom. The van der Waals surface area contributed by atoms with Crippen LogP contribution in [0.4, 0.5) is 0 Å². The lowest BCUT2D eigenvalue weighted by Crippen LogP contribution is -2.39. The number of carboxylic acid groups (broad SMARTS) is 1. The molecule has 0 radical (unpaired) electrons. The molecular formula is C19H30N2O4. The molecule has 1 aromatic rings. The Morgan fingerprint density at radius 3 is 2.80 bits per heavy atom. The summed E-state index contributed by atoms with van der Waals surface area (Å²) in [6.07, 6.45) is 7.26. The molecule has 1 amide bonds. The smallest absolute Gasteiger partial charge is 0.316 e. The molecule has 6 heteroatoms. The van der Waals surface area contributed by atoms with Crippen LogP contribution in [0, 0.1) is 11.8 Å². The van der Waals surface area contributed by atoms with Crippen LogP contribution in [-0.2, 0) is 16.0 Å². The van der Waals surface area contributed by atoms with Gasteiger partial charge >= 0.3 is 5.97 Å². The van der Waals surface area contributed by atoms with Gasteiger partial charge in [-0.15, -0.1) is 0 Å². The van der Waals surface area contributed by atoms with Gasteiger partial charge in [0.25, 0.3) is 0 Å². The second kappa shape index (κ2) is 9.02. The standard InChI is InChI=1S/C19H30N2O4/c1-4-5-6-8-15(19(23)24)18(22)21-10-7-9-16(21)17-20-12-14(25-17)11-13(2)3/h12-13,15-16H,4-11H2,1-3H3,(H,23,24)/t15-,16?/m0/s1. The highest BCUT2D eigenvalue weighted by molar-refractivity contribution is 5.97. The number of hydrogen-bond donors (Lipinski definition) is 1. The van der Waals surface area contributed by atoms with Gasteiger partial charge in [-0.1, -0.05) is 40.0 Å². The van der Waals surface area contributed by atoms with Crippen LogP contribution in [0.5, 0.6) is 0 Å². The van der Waals surface area contributed by atoms with Gasteiger partial charge in [0.1, 0.15) is 17.7 Å². The van der Waals surface area contributed by atoms with E-state index in [9.17, 15) is 14.7 Å². The Bertz CT molecular complexity index is 582. The summed E-state index contributed by atoms with van der Waals surface area (Å²) in [4.78, 5) is 30.4. The molecule has 1 saturated heterocycles. The van der Waals surface area contributed by atoms with Crippen LogP contribution in [0.2, 0.25) is 0 Å². The molecule has 0 aliphatic carbocycles. The van der Waals surface area contributed by atoms with E-state index in [1.807, 2.05) is 0 Å². The Hall–Kier alpha value is -1.85. The third kappa shape index (κ3) is 5.06. The number of oxazole rings is 1. The molecule has 25 heavy (non-hydrogen) atoms. The summed E-state index contributed by atoms with van der Waals surface area (Å²) < 4.78 is 5.85. The van der Waals surface area contributed by atoms with Crippen molar-refractivity contribution in [3.8, 4) is 0 Å². The summed E-state index contributed by atoms with van der Waals surface area (Å²) >= 11 is 0. The number of carbonyl (C=O) groups excluding carboxylic acids is 1. The zero-order chi connectivity index (χ0) is 18.4. The number of amides is 1. The van der Waals surface area contributed by atoms with Crippen molar-refractivity contribution >= 4 is 11.9 Å². The molecule has 1 aliphatic rings. The number of likely N-dealkylation sites (tertiary alicyclic amines) is 1. The molecule has 1 fully saturated rings. The molecule has 6 nitrogen and oxygen atoms in total. The van der Waals surface area contributed by atoms with E-state index in [-0.39, 0.29) is 11.9 Å². The first-order valence-electron chi connectivity index (χ1n) is 9.41. The van der Waals surface area contributed by atoms with Gasteiger partial charge in [0.15, 0.2) is 0 Å². The number of nitrogens with zero attached hydrogens (tertiary/aromatic N) is 2. The molecule has 2 rings (SSSR count). The Labute approximate surface area is 149 Å². The SMILES string of the molecule is CCCCC[C@H](C(=O)O)C(=O)N1CCCC1c1ncc(CC(C)C)o1. The van der Waals surface area contributed by atoms with E-state index in [4.69, 9.17) is 4.42 Å². The molecule has 1 N–H and O–H groups in total. The molecule has 1 aliphatic heterocycles. The number of rotatable bonds is 9. The molecule has 1 aromatic heterocycles. The number of carbonyl (C=O) groups is 2. The van der Waals surface area contributed by atoms with Gasteiger partial charge in [-0.2, -0.15) is 0 Å². The highest BCUT2D eigenvalue weighted by atomic mass is 16.4. The van der Waals surface area contributed by atoms with Crippen LogP contribution in [0.25, 0.3) is 0 Å². The molecule has 2 atom stereocenters. The fourth-order valence-electron chi connectivity index (χ4n) is 3.41. The summed E-state index contributed by atoms with van der Waals surface area (Å²) in [6.45, 7) is 6.86. The maximum absolute atomic E-state index is 12.8. The number of aromatic nitrogens is 1. The van der Waals surface area contributed by atoms with Crippen LogP contribution in [0.3, 0.4) is 0 Å². The van der Waals surface area contributed by atoms with Crippen molar-refractivity contribution in [1.29, 1.82) is 0 Å². The average Bonchev–Trinajstić information content (AvgIpc) is 3.18.